The smallest absolute Gasteiger partial charge is 0.247 e. The van der Waals surface area contributed by atoms with Crippen LogP contribution >= 0.6 is 11.6 Å². The largest absolute Gasteiger partial charge is 0.276 e. The van der Waals surface area contributed by atoms with Crippen LogP contribution in [0.2, 0.25) is 0 Å². The molecule has 0 aromatic heterocycles. The van der Waals surface area contributed by atoms with E-state index in [1.807, 2.05) is 6.08 Å². The normalized spacial score (nSPS) is 16.8. The minimum absolute atomic E-state index is 0.169. The zero-order valence-corrected chi connectivity index (χ0v) is 8.95. The number of carbonyl (C=O) groups is 1. The Labute approximate surface area is 92.1 Å². The van der Waals surface area contributed by atoms with E-state index >= 15 is 0 Å². The van der Waals surface area contributed by atoms with E-state index < -0.39 is 10.2 Å². The molecule has 5 heteroatoms. The van der Waals surface area contributed by atoms with Gasteiger partial charge in [-0.2, -0.15) is 0 Å². The van der Waals surface area contributed by atoms with Crippen molar-refractivity contribution in [2.45, 2.75) is 19.8 Å². The average Bonchev–Trinajstić information content (AvgIpc) is 2.17. The SMILES string of the molecule is C/C(=C\C(=O)Cl)C1=CCCC([N+](=O)[O-])=C1. The quantitative estimate of drug-likeness (QED) is 0.322. The highest BCUT2D eigenvalue weighted by molar-refractivity contribution is 6.66. The summed E-state index contributed by atoms with van der Waals surface area (Å²) in [6.07, 6.45) is 5.64. The van der Waals surface area contributed by atoms with Crippen molar-refractivity contribution >= 4 is 16.8 Å². The third-order valence-electron chi connectivity index (χ3n) is 2.11. The van der Waals surface area contributed by atoms with Gasteiger partial charge < -0.3 is 0 Å². The van der Waals surface area contributed by atoms with Crippen LogP contribution in [0.15, 0.2) is 35.1 Å². The number of hydrogen-bond donors (Lipinski definition) is 0. The lowest BCUT2D eigenvalue weighted by atomic mass is 9.99. The van der Waals surface area contributed by atoms with E-state index in [1.54, 1.807) is 6.92 Å². The van der Waals surface area contributed by atoms with Crippen LogP contribution in [0.5, 0.6) is 0 Å². The Hall–Kier alpha value is -1.42. The van der Waals surface area contributed by atoms with Crippen molar-refractivity contribution in [2.24, 2.45) is 0 Å². The monoisotopic (exact) mass is 227 g/mol. The number of halogens is 1. The second-order valence-corrected chi connectivity index (χ2v) is 3.59. The number of carbonyl (C=O) groups excluding carboxylic acids is 1. The molecule has 0 atom stereocenters. The molecule has 1 aliphatic rings. The molecular formula is C10H10ClNO3. The van der Waals surface area contributed by atoms with Crippen molar-refractivity contribution in [1.82, 2.24) is 0 Å². The third kappa shape index (κ3) is 3.32. The van der Waals surface area contributed by atoms with Crippen LogP contribution in [-0.4, -0.2) is 10.2 Å². The van der Waals surface area contributed by atoms with Crippen molar-refractivity contribution in [3.8, 4) is 0 Å². The lowest BCUT2D eigenvalue weighted by Crippen LogP contribution is -2.03. The summed E-state index contributed by atoms with van der Waals surface area (Å²) in [6.45, 7) is 1.70. The molecule has 0 aliphatic heterocycles. The maximum atomic E-state index is 10.6. The Morgan fingerprint density at radius 3 is 2.87 bits per heavy atom. The van der Waals surface area contributed by atoms with E-state index in [4.69, 9.17) is 11.6 Å². The summed E-state index contributed by atoms with van der Waals surface area (Å²) in [6, 6.07) is 0. The molecule has 0 saturated carbocycles. The van der Waals surface area contributed by atoms with Crippen molar-refractivity contribution in [2.75, 3.05) is 0 Å². The summed E-state index contributed by atoms with van der Waals surface area (Å²) >= 11 is 5.19. The number of allylic oxidation sites excluding steroid dienone is 6. The van der Waals surface area contributed by atoms with Crippen LogP contribution in [0.4, 0.5) is 0 Å². The Bertz CT molecular complexity index is 393. The van der Waals surface area contributed by atoms with E-state index in [0.29, 0.717) is 24.0 Å². The zero-order valence-electron chi connectivity index (χ0n) is 8.20. The van der Waals surface area contributed by atoms with Gasteiger partial charge in [-0.25, -0.2) is 0 Å². The van der Waals surface area contributed by atoms with E-state index in [2.05, 4.69) is 0 Å². The van der Waals surface area contributed by atoms with Gasteiger partial charge in [0.25, 0.3) is 0 Å². The fraction of sp³-hybridized carbons (Fsp3) is 0.300. The predicted octanol–water partition coefficient (Wildman–Crippen LogP) is 2.58. The number of nitrogens with zero attached hydrogens (tertiary/aromatic N) is 1. The third-order valence-corrected chi connectivity index (χ3v) is 2.22. The van der Waals surface area contributed by atoms with Crippen LogP contribution in [0.1, 0.15) is 19.8 Å². The molecule has 0 saturated heterocycles. The van der Waals surface area contributed by atoms with Crippen molar-refractivity contribution in [3.05, 3.63) is 45.2 Å². The topological polar surface area (TPSA) is 60.2 Å². The van der Waals surface area contributed by atoms with Crippen LogP contribution in [0.3, 0.4) is 0 Å². The van der Waals surface area contributed by atoms with Gasteiger partial charge in [0.2, 0.25) is 10.9 Å². The van der Waals surface area contributed by atoms with Gasteiger partial charge in [-0.05, 0) is 36.1 Å². The fourth-order valence-electron chi connectivity index (χ4n) is 1.36. The van der Waals surface area contributed by atoms with Gasteiger partial charge in [0.15, 0.2) is 0 Å². The molecule has 0 unspecified atom stereocenters. The Kier molecular flexibility index (Phi) is 3.80. The Balaban J connectivity index is 2.93. The van der Waals surface area contributed by atoms with Crippen LogP contribution < -0.4 is 0 Å². The summed E-state index contributed by atoms with van der Waals surface area (Å²) in [5.41, 5.74) is 1.51. The lowest BCUT2D eigenvalue weighted by Gasteiger charge is -2.07. The van der Waals surface area contributed by atoms with Crippen LogP contribution in [0.25, 0.3) is 0 Å². The molecule has 0 N–H and O–H groups in total. The summed E-state index contributed by atoms with van der Waals surface area (Å²) in [5.74, 6) is 0. The summed E-state index contributed by atoms with van der Waals surface area (Å²) in [5, 5.41) is 9.97. The molecule has 0 spiro atoms. The standard InChI is InChI=1S/C10H10ClNO3/c1-7(5-10(11)13)8-3-2-4-9(6-8)12(14)15/h3,5-6H,2,4H2,1H3/b7-5+. The summed E-state index contributed by atoms with van der Waals surface area (Å²) in [7, 11) is 0. The highest BCUT2D eigenvalue weighted by atomic mass is 35.5. The Morgan fingerprint density at radius 2 is 2.33 bits per heavy atom. The fourth-order valence-corrected chi connectivity index (χ4v) is 1.52. The van der Waals surface area contributed by atoms with Gasteiger partial charge in [-0.3, -0.25) is 14.9 Å². The molecule has 15 heavy (non-hydrogen) atoms. The maximum Gasteiger partial charge on any atom is 0.247 e. The molecule has 0 amide bonds. The molecule has 0 aromatic rings. The van der Waals surface area contributed by atoms with Gasteiger partial charge in [0.1, 0.15) is 0 Å². The molecule has 0 radical (unpaired) electrons. The second kappa shape index (κ2) is 4.89. The molecule has 80 valence electrons. The number of hydrogen-bond acceptors (Lipinski definition) is 3. The predicted molar refractivity (Wildman–Crippen MR) is 57.0 cm³/mol. The van der Waals surface area contributed by atoms with E-state index in [9.17, 15) is 14.9 Å². The summed E-state index contributed by atoms with van der Waals surface area (Å²) in [4.78, 5) is 20.8. The van der Waals surface area contributed by atoms with Crippen molar-refractivity contribution in [1.29, 1.82) is 0 Å². The van der Waals surface area contributed by atoms with Gasteiger partial charge in [0, 0.05) is 18.6 Å². The minimum Gasteiger partial charge on any atom is -0.276 e. The lowest BCUT2D eigenvalue weighted by molar-refractivity contribution is -0.428. The molecule has 1 rings (SSSR count). The molecule has 0 fully saturated rings. The van der Waals surface area contributed by atoms with Gasteiger partial charge in [-0.15, -0.1) is 0 Å². The molecule has 0 bridgehead atoms. The zero-order chi connectivity index (χ0) is 11.4. The first-order chi connectivity index (χ1) is 7.00. The van der Waals surface area contributed by atoms with Crippen LogP contribution in [-0.2, 0) is 4.79 Å². The Morgan fingerprint density at radius 1 is 1.67 bits per heavy atom. The highest BCUT2D eigenvalue weighted by Crippen LogP contribution is 2.22. The average molecular weight is 228 g/mol. The van der Waals surface area contributed by atoms with Gasteiger partial charge >= 0.3 is 0 Å². The van der Waals surface area contributed by atoms with Crippen molar-refractivity contribution in [3.63, 3.8) is 0 Å². The number of rotatable bonds is 3. The van der Waals surface area contributed by atoms with E-state index in [0.717, 1.165) is 0 Å². The molecular weight excluding hydrogens is 218 g/mol. The minimum atomic E-state index is -0.574. The molecule has 0 aromatic carbocycles. The summed E-state index contributed by atoms with van der Waals surface area (Å²) < 4.78 is 0. The molecule has 4 nitrogen and oxygen atoms in total. The van der Waals surface area contributed by atoms with Gasteiger partial charge in [-0.1, -0.05) is 6.08 Å². The highest BCUT2D eigenvalue weighted by Gasteiger charge is 2.15. The van der Waals surface area contributed by atoms with Crippen molar-refractivity contribution < 1.29 is 9.72 Å². The van der Waals surface area contributed by atoms with Crippen LogP contribution in [0, 0.1) is 10.1 Å². The first-order valence-electron chi connectivity index (χ1n) is 4.44. The molecule has 0 heterocycles. The van der Waals surface area contributed by atoms with E-state index in [1.165, 1.54) is 12.2 Å². The first kappa shape index (κ1) is 11.7. The van der Waals surface area contributed by atoms with Gasteiger partial charge in [0.05, 0.1) is 4.92 Å². The number of nitro groups is 1. The molecule has 1 aliphatic carbocycles. The second-order valence-electron chi connectivity index (χ2n) is 3.22. The maximum absolute atomic E-state index is 10.6. The van der Waals surface area contributed by atoms with E-state index in [-0.39, 0.29) is 5.70 Å². The first-order valence-corrected chi connectivity index (χ1v) is 4.82.